The Hall–Kier alpha value is -1.65. The Morgan fingerprint density at radius 1 is 1.13 bits per heavy atom. The molecule has 2 unspecified atom stereocenters. The van der Waals surface area contributed by atoms with Crippen LogP contribution in [0.4, 0.5) is 0 Å². The number of rotatable bonds is 10. The summed E-state index contributed by atoms with van der Waals surface area (Å²) in [6, 6.07) is 0. The molecule has 0 spiro atoms. The van der Waals surface area contributed by atoms with Gasteiger partial charge < -0.3 is 9.47 Å². The number of esters is 2. The van der Waals surface area contributed by atoms with Crippen molar-refractivity contribution in [3.05, 3.63) is 12.2 Å². The van der Waals surface area contributed by atoms with Gasteiger partial charge in [0.25, 0.3) is 0 Å². The molecule has 1 rings (SSSR count). The third kappa shape index (κ3) is 4.66. The molecule has 0 bridgehead atoms. The summed E-state index contributed by atoms with van der Waals surface area (Å²) in [6.07, 6.45) is 6.44. The van der Waals surface area contributed by atoms with Gasteiger partial charge in [0.05, 0.1) is 13.2 Å². The van der Waals surface area contributed by atoms with E-state index in [2.05, 4.69) is 6.92 Å². The number of carbonyl (C=O) groups excluding carboxylic acids is 3. The van der Waals surface area contributed by atoms with E-state index in [-0.39, 0.29) is 30.8 Å². The molecule has 0 saturated heterocycles. The summed E-state index contributed by atoms with van der Waals surface area (Å²) in [6.45, 7) is 7.81. The molecule has 5 heteroatoms. The number of allylic oxidation sites excluding steroid dienone is 2. The summed E-state index contributed by atoms with van der Waals surface area (Å²) in [5, 5.41) is 0. The predicted octanol–water partition coefficient (Wildman–Crippen LogP) is 3.07. The van der Waals surface area contributed by atoms with Crippen molar-refractivity contribution in [1.29, 1.82) is 0 Å². The van der Waals surface area contributed by atoms with E-state index in [1.807, 2.05) is 6.92 Å². The van der Waals surface area contributed by atoms with Gasteiger partial charge in [-0.3, -0.25) is 14.4 Å². The van der Waals surface area contributed by atoms with Gasteiger partial charge in [0.15, 0.2) is 11.2 Å². The van der Waals surface area contributed by atoms with Crippen LogP contribution in [0.5, 0.6) is 0 Å². The number of unbranched alkanes of at least 4 members (excludes halogenated alkanes) is 1. The fourth-order valence-electron chi connectivity index (χ4n) is 2.62. The molecule has 1 aliphatic carbocycles. The van der Waals surface area contributed by atoms with Crippen LogP contribution in [0.2, 0.25) is 0 Å². The van der Waals surface area contributed by atoms with Crippen molar-refractivity contribution in [3.8, 4) is 0 Å². The van der Waals surface area contributed by atoms with Crippen LogP contribution in [0.15, 0.2) is 12.2 Å². The van der Waals surface area contributed by atoms with Crippen molar-refractivity contribution in [3.63, 3.8) is 0 Å². The molecular formula is C18H28O5. The van der Waals surface area contributed by atoms with Gasteiger partial charge >= 0.3 is 11.9 Å². The highest BCUT2D eigenvalue weighted by molar-refractivity contribution is 6.04. The zero-order valence-corrected chi connectivity index (χ0v) is 14.6. The molecule has 1 aliphatic rings. The van der Waals surface area contributed by atoms with Crippen LogP contribution in [0.1, 0.15) is 53.4 Å². The molecule has 130 valence electrons. The molecule has 0 aromatic heterocycles. The summed E-state index contributed by atoms with van der Waals surface area (Å²) in [4.78, 5) is 36.3. The van der Waals surface area contributed by atoms with Crippen molar-refractivity contribution < 1.29 is 23.9 Å². The fourth-order valence-corrected chi connectivity index (χ4v) is 2.62. The fraction of sp³-hybridized carbons (Fsp3) is 0.722. The third-order valence-corrected chi connectivity index (χ3v) is 4.26. The molecule has 0 heterocycles. The smallest absolute Gasteiger partial charge is 0.324 e. The lowest BCUT2D eigenvalue weighted by Crippen LogP contribution is -2.31. The number of ether oxygens (including phenoxy) is 2. The molecule has 0 amide bonds. The van der Waals surface area contributed by atoms with Crippen molar-refractivity contribution in [1.82, 2.24) is 0 Å². The Morgan fingerprint density at radius 3 is 2.17 bits per heavy atom. The third-order valence-electron chi connectivity index (χ3n) is 4.26. The molecule has 0 radical (unpaired) electrons. The van der Waals surface area contributed by atoms with Gasteiger partial charge in [-0.2, -0.15) is 0 Å². The van der Waals surface area contributed by atoms with Gasteiger partial charge in [-0.15, -0.1) is 0 Å². The highest BCUT2D eigenvalue weighted by Gasteiger charge is 2.67. The Balaban J connectivity index is 2.73. The first-order valence-electron chi connectivity index (χ1n) is 8.50. The summed E-state index contributed by atoms with van der Waals surface area (Å²) in [7, 11) is 0. The second kappa shape index (κ2) is 8.85. The van der Waals surface area contributed by atoms with Gasteiger partial charge in [-0.1, -0.05) is 32.8 Å². The minimum Gasteiger partial charge on any atom is -0.465 e. The van der Waals surface area contributed by atoms with Gasteiger partial charge in [-0.25, -0.2) is 0 Å². The summed E-state index contributed by atoms with van der Waals surface area (Å²) in [5.74, 6) is -1.43. The molecular weight excluding hydrogens is 296 g/mol. The molecule has 2 atom stereocenters. The largest absolute Gasteiger partial charge is 0.465 e. The molecule has 1 fully saturated rings. The Labute approximate surface area is 138 Å². The highest BCUT2D eigenvalue weighted by Crippen LogP contribution is 2.55. The standard InChI is InChI=1S/C18H28O5/c1-5-8-9-13(4)15(19)11-10-14-12-18(14,16(20)22-6-2)17(21)23-7-3/h10-11,13-14H,5-9,12H2,1-4H3/b11-10+. The van der Waals surface area contributed by atoms with Crippen molar-refractivity contribution in [2.75, 3.05) is 13.2 Å². The second-order valence-corrected chi connectivity index (χ2v) is 6.03. The van der Waals surface area contributed by atoms with E-state index >= 15 is 0 Å². The number of carbonyl (C=O) groups is 3. The first kappa shape index (κ1) is 19.4. The minimum atomic E-state index is -1.25. The highest BCUT2D eigenvalue weighted by atomic mass is 16.6. The average Bonchev–Trinajstić information content (AvgIpc) is 3.26. The van der Waals surface area contributed by atoms with E-state index in [9.17, 15) is 14.4 Å². The van der Waals surface area contributed by atoms with Gasteiger partial charge in [0, 0.05) is 11.8 Å². The van der Waals surface area contributed by atoms with Gasteiger partial charge in [0.2, 0.25) is 0 Å². The predicted molar refractivity (Wildman–Crippen MR) is 86.6 cm³/mol. The lowest BCUT2D eigenvalue weighted by Gasteiger charge is -2.13. The van der Waals surface area contributed by atoms with E-state index in [1.165, 1.54) is 6.08 Å². The summed E-state index contributed by atoms with van der Waals surface area (Å²) >= 11 is 0. The molecule has 0 N–H and O–H groups in total. The lowest BCUT2D eigenvalue weighted by atomic mass is 9.98. The first-order chi connectivity index (χ1) is 10.9. The topological polar surface area (TPSA) is 69.7 Å². The zero-order valence-electron chi connectivity index (χ0n) is 14.6. The van der Waals surface area contributed by atoms with E-state index in [0.29, 0.717) is 6.42 Å². The van der Waals surface area contributed by atoms with Gasteiger partial charge in [-0.05, 0) is 32.8 Å². The van der Waals surface area contributed by atoms with Crippen molar-refractivity contribution in [2.24, 2.45) is 17.3 Å². The van der Waals surface area contributed by atoms with E-state index in [0.717, 1.165) is 19.3 Å². The molecule has 23 heavy (non-hydrogen) atoms. The van der Waals surface area contributed by atoms with Crippen LogP contribution >= 0.6 is 0 Å². The molecule has 5 nitrogen and oxygen atoms in total. The number of ketones is 1. The van der Waals surface area contributed by atoms with Crippen molar-refractivity contribution >= 4 is 17.7 Å². The zero-order chi connectivity index (χ0) is 17.5. The quantitative estimate of drug-likeness (QED) is 0.351. The molecule has 0 aromatic carbocycles. The molecule has 0 aliphatic heterocycles. The van der Waals surface area contributed by atoms with Crippen LogP contribution in [0.3, 0.4) is 0 Å². The second-order valence-electron chi connectivity index (χ2n) is 6.03. The molecule has 1 saturated carbocycles. The number of hydrogen-bond acceptors (Lipinski definition) is 5. The van der Waals surface area contributed by atoms with Crippen LogP contribution in [0.25, 0.3) is 0 Å². The van der Waals surface area contributed by atoms with Crippen molar-refractivity contribution in [2.45, 2.75) is 53.4 Å². The monoisotopic (exact) mass is 324 g/mol. The van der Waals surface area contributed by atoms with E-state index in [4.69, 9.17) is 9.47 Å². The maximum atomic E-state index is 12.1. The Bertz CT molecular complexity index is 448. The summed E-state index contributed by atoms with van der Waals surface area (Å²) < 4.78 is 10.0. The van der Waals surface area contributed by atoms with Crippen LogP contribution in [-0.4, -0.2) is 30.9 Å². The molecule has 0 aromatic rings. The van der Waals surface area contributed by atoms with Crippen LogP contribution in [0, 0.1) is 17.3 Å². The van der Waals surface area contributed by atoms with Gasteiger partial charge in [0.1, 0.15) is 0 Å². The van der Waals surface area contributed by atoms with E-state index < -0.39 is 17.4 Å². The minimum absolute atomic E-state index is 0.0342. The SMILES string of the molecule is CCCCC(C)C(=O)/C=C/C1CC1(C(=O)OCC)C(=O)OCC. The maximum absolute atomic E-state index is 12.1. The Morgan fingerprint density at radius 2 is 1.70 bits per heavy atom. The maximum Gasteiger partial charge on any atom is 0.324 e. The summed E-state index contributed by atoms with van der Waals surface area (Å²) in [5.41, 5.74) is -1.25. The first-order valence-corrected chi connectivity index (χ1v) is 8.50. The normalized spacial score (nSPS) is 20.1. The van der Waals surface area contributed by atoms with E-state index in [1.54, 1.807) is 19.9 Å². The Kier molecular flexibility index (Phi) is 7.46. The average molecular weight is 324 g/mol. The lowest BCUT2D eigenvalue weighted by molar-refractivity contribution is -0.164. The van der Waals surface area contributed by atoms with Crippen LogP contribution < -0.4 is 0 Å². The number of hydrogen-bond donors (Lipinski definition) is 0. The van der Waals surface area contributed by atoms with Crippen LogP contribution in [-0.2, 0) is 23.9 Å².